The van der Waals surface area contributed by atoms with Crippen molar-refractivity contribution < 1.29 is 9.90 Å². The van der Waals surface area contributed by atoms with Crippen LogP contribution in [0.25, 0.3) is 10.8 Å². The van der Waals surface area contributed by atoms with Gasteiger partial charge in [-0.15, -0.1) is 0 Å². The van der Waals surface area contributed by atoms with E-state index in [2.05, 4.69) is 5.32 Å². The zero-order valence-corrected chi connectivity index (χ0v) is 11.3. The summed E-state index contributed by atoms with van der Waals surface area (Å²) in [6, 6.07) is 13.5. The highest BCUT2D eigenvalue weighted by Gasteiger charge is 2.18. The van der Waals surface area contributed by atoms with E-state index in [1.54, 1.807) is 13.0 Å². The van der Waals surface area contributed by atoms with E-state index >= 15 is 0 Å². The van der Waals surface area contributed by atoms with Gasteiger partial charge in [0.25, 0.3) is 5.91 Å². The first kappa shape index (κ1) is 13.6. The maximum Gasteiger partial charge on any atom is 0.251 e. The van der Waals surface area contributed by atoms with Crippen LogP contribution in [-0.4, -0.2) is 23.2 Å². The Labute approximate surface area is 113 Å². The van der Waals surface area contributed by atoms with E-state index in [-0.39, 0.29) is 12.5 Å². The molecule has 0 saturated carbocycles. The molecule has 2 rings (SSSR count). The summed E-state index contributed by atoms with van der Waals surface area (Å²) in [5.74, 6) is -0.153. The molecule has 3 nitrogen and oxygen atoms in total. The third-order valence-electron chi connectivity index (χ3n) is 3.40. The minimum absolute atomic E-state index is 0.153. The van der Waals surface area contributed by atoms with Crippen LogP contribution in [0.4, 0.5) is 0 Å². The predicted molar refractivity (Wildman–Crippen MR) is 77.2 cm³/mol. The van der Waals surface area contributed by atoms with Crippen molar-refractivity contribution in [3.05, 3.63) is 48.0 Å². The Kier molecular flexibility index (Phi) is 3.86. The lowest BCUT2D eigenvalue weighted by Crippen LogP contribution is -2.40. The number of amides is 1. The molecule has 0 aromatic heterocycles. The van der Waals surface area contributed by atoms with Crippen molar-refractivity contribution in [3.8, 4) is 0 Å². The fourth-order valence-corrected chi connectivity index (χ4v) is 1.83. The van der Waals surface area contributed by atoms with Gasteiger partial charge in [-0.25, -0.2) is 0 Å². The topological polar surface area (TPSA) is 49.3 Å². The molecule has 1 atom stereocenters. The van der Waals surface area contributed by atoms with Gasteiger partial charge in [0, 0.05) is 12.1 Å². The predicted octanol–water partition coefficient (Wildman–Crippen LogP) is 2.73. The van der Waals surface area contributed by atoms with Crippen LogP contribution in [0.3, 0.4) is 0 Å². The van der Waals surface area contributed by atoms with Gasteiger partial charge < -0.3 is 10.4 Å². The third-order valence-corrected chi connectivity index (χ3v) is 3.40. The van der Waals surface area contributed by atoms with Crippen molar-refractivity contribution in [1.82, 2.24) is 5.32 Å². The lowest BCUT2D eigenvalue weighted by molar-refractivity contribution is 0.0518. The summed E-state index contributed by atoms with van der Waals surface area (Å²) in [7, 11) is 0. The molecule has 3 heteroatoms. The summed E-state index contributed by atoms with van der Waals surface area (Å²) in [5, 5.41) is 14.8. The zero-order valence-electron chi connectivity index (χ0n) is 11.3. The highest BCUT2D eigenvalue weighted by molar-refractivity contribution is 5.98. The molecule has 0 radical (unpaired) electrons. The number of aliphatic hydroxyl groups is 1. The molecule has 0 fully saturated rings. The molecule has 1 amide bonds. The normalized spacial score (nSPS) is 14.1. The third kappa shape index (κ3) is 3.32. The highest BCUT2D eigenvalue weighted by atomic mass is 16.3. The Morgan fingerprint density at radius 2 is 1.89 bits per heavy atom. The van der Waals surface area contributed by atoms with Crippen LogP contribution < -0.4 is 5.32 Å². The van der Waals surface area contributed by atoms with Crippen LogP contribution in [-0.2, 0) is 0 Å². The molecule has 1 unspecified atom stereocenters. The molecule has 0 bridgehead atoms. The molecule has 0 saturated heterocycles. The number of benzene rings is 2. The van der Waals surface area contributed by atoms with Gasteiger partial charge in [-0.05, 0) is 36.2 Å². The average Bonchev–Trinajstić information content (AvgIpc) is 2.44. The van der Waals surface area contributed by atoms with Crippen LogP contribution in [0.2, 0.25) is 0 Å². The molecule has 0 spiro atoms. The lowest BCUT2D eigenvalue weighted by Gasteiger charge is -2.21. The molecule has 0 aliphatic rings. The highest BCUT2D eigenvalue weighted by Crippen LogP contribution is 2.15. The lowest BCUT2D eigenvalue weighted by atomic mass is 10.0. The smallest absolute Gasteiger partial charge is 0.251 e. The van der Waals surface area contributed by atoms with Gasteiger partial charge >= 0.3 is 0 Å². The molecule has 0 aliphatic heterocycles. The quantitative estimate of drug-likeness (QED) is 0.884. The van der Waals surface area contributed by atoms with Crippen LogP contribution in [0.15, 0.2) is 42.5 Å². The van der Waals surface area contributed by atoms with E-state index in [4.69, 9.17) is 0 Å². The van der Waals surface area contributed by atoms with E-state index in [0.717, 1.165) is 10.8 Å². The molecule has 2 N–H and O–H groups in total. The minimum Gasteiger partial charge on any atom is -0.388 e. The van der Waals surface area contributed by atoms with Crippen molar-refractivity contribution in [2.75, 3.05) is 6.54 Å². The molecular formula is C16H19NO2. The number of carbonyl (C=O) groups is 1. The second-order valence-electron chi connectivity index (χ2n) is 5.10. The summed E-state index contributed by atoms with van der Waals surface area (Å²) < 4.78 is 0. The Bertz CT molecular complexity index is 590. The van der Waals surface area contributed by atoms with Crippen LogP contribution in [0.5, 0.6) is 0 Å². The van der Waals surface area contributed by atoms with Crippen LogP contribution >= 0.6 is 0 Å². The fraction of sp³-hybridized carbons (Fsp3) is 0.312. The van der Waals surface area contributed by atoms with Crippen LogP contribution in [0.1, 0.15) is 30.6 Å². The Morgan fingerprint density at radius 1 is 1.21 bits per heavy atom. The molecule has 0 aliphatic carbocycles. The number of hydrogen-bond acceptors (Lipinski definition) is 2. The standard InChI is InChI=1S/C16H19NO2/c1-3-16(2,19)11-17-15(18)14-9-8-12-6-4-5-7-13(12)10-14/h4-10,19H,3,11H2,1-2H3,(H,17,18). The summed E-state index contributed by atoms with van der Waals surface area (Å²) in [4.78, 5) is 12.0. The van der Waals surface area contributed by atoms with Crippen molar-refractivity contribution >= 4 is 16.7 Å². The molecule has 0 heterocycles. The number of nitrogens with one attached hydrogen (secondary N) is 1. The summed E-state index contributed by atoms with van der Waals surface area (Å²) in [6.45, 7) is 3.87. The Balaban J connectivity index is 2.13. The van der Waals surface area contributed by atoms with Gasteiger partial charge in [0.2, 0.25) is 0 Å². The van der Waals surface area contributed by atoms with E-state index in [9.17, 15) is 9.90 Å². The molecule has 19 heavy (non-hydrogen) atoms. The van der Waals surface area contributed by atoms with E-state index in [0.29, 0.717) is 12.0 Å². The molecule has 2 aromatic rings. The number of carbonyl (C=O) groups excluding carboxylic acids is 1. The van der Waals surface area contributed by atoms with Gasteiger partial charge in [0.05, 0.1) is 5.60 Å². The average molecular weight is 257 g/mol. The first-order valence-corrected chi connectivity index (χ1v) is 6.51. The first-order chi connectivity index (χ1) is 9.02. The van der Waals surface area contributed by atoms with Crippen LogP contribution in [0, 0.1) is 0 Å². The second-order valence-corrected chi connectivity index (χ2v) is 5.10. The summed E-state index contributed by atoms with van der Waals surface area (Å²) >= 11 is 0. The SMILES string of the molecule is CCC(C)(O)CNC(=O)c1ccc2ccccc2c1. The van der Waals surface area contributed by atoms with Gasteiger partial charge in [-0.2, -0.15) is 0 Å². The Morgan fingerprint density at radius 3 is 2.58 bits per heavy atom. The second kappa shape index (κ2) is 5.41. The van der Waals surface area contributed by atoms with Gasteiger partial charge in [0.1, 0.15) is 0 Å². The van der Waals surface area contributed by atoms with E-state index in [1.165, 1.54) is 0 Å². The Hall–Kier alpha value is -1.87. The fourth-order valence-electron chi connectivity index (χ4n) is 1.83. The monoisotopic (exact) mass is 257 g/mol. The van der Waals surface area contributed by atoms with Gasteiger partial charge in [0.15, 0.2) is 0 Å². The summed E-state index contributed by atoms with van der Waals surface area (Å²) in [6.07, 6.45) is 0.602. The van der Waals surface area contributed by atoms with E-state index < -0.39 is 5.60 Å². The maximum absolute atomic E-state index is 12.0. The van der Waals surface area contributed by atoms with E-state index in [1.807, 2.05) is 43.3 Å². The van der Waals surface area contributed by atoms with Crippen molar-refractivity contribution in [3.63, 3.8) is 0 Å². The zero-order chi connectivity index (χ0) is 13.9. The van der Waals surface area contributed by atoms with Crippen molar-refractivity contribution in [1.29, 1.82) is 0 Å². The van der Waals surface area contributed by atoms with Crippen molar-refractivity contribution in [2.24, 2.45) is 0 Å². The number of rotatable bonds is 4. The summed E-state index contributed by atoms with van der Waals surface area (Å²) in [5.41, 5.74) is -0.238. The largest absolute Gasteiger partial charge is 0.388 e. The minimum atomic E-state index is -0.855. The first-order valence-electron chi connectivity index (χ1n) is 6.51. The molecular weight excluding hydrogens is 238 g/mol. The maximum atomic E-state index is 12.0. The number of hydrogen-bond donors (Lipinski definition) is 2. The van der Waals surface area contributed by atoms with Gasteiger partial charge in [-0.3, -0.25) is 4.79 Å². The number of fused-ring (bicyclic) bond motifs is 1. The molecule has 2 aromatic carbocycles. The van der Waals surface area contributed by atoms with Crippen molar-refractivity contribution in [2.45, 2.75) is 25.9 Å². The molecule has 100 valence electrons. The van der Waals surface area contributed by atoms with Gasteiger partial charge in [-0.1, -0.05) is 37.3 Å².